The zero-order valence-electron chi connectivity index (χ0n) is 12.3. The lowest BCUT2D eigenvalue weighted by molar-refractivity contribution is -0.124. The van der Waals surface area contributed by atoms with Crippen molar-refractivity contribution >= 4 is 17.8 Å². The van der Waals surface area contributed by atoms with E-state index in [1.165, 1.54) is 0 Å². The van der Waals surface area contributed by atoms with Crippen LogP contribution in [0.3, 0.4) is 0 Å². The van der Waals surface area contributed by atoms with Crippen molar-refractivity contribution in [1.29, 1.82) is 0 Å². The van der Waals surface area contributed by atoms with E-state index in [-0.39, 0.29) is 17.5 Å². The molecule has 1 aromatic heterocycles. The number of nitrogens with two attached hydrogens (primary N) is 1. The number of nitrogens with zero attached hydrogens (tertiary/aromatic N) is 1. The fraction of sp³-hybridized carbons (Fsp3) is 0.267. The number of hydrogen-bond donors (Lipinski definition) is 2. The average molecular weight is 303 g/mol. The number of anilines is 1. The maximum absolute atomic E-state index is 11.8. The summed E-state index contributed by atoms with van der Waals surface area (Å²) in [4.78, 5) is 23.6. The molecule has 0 fully saturated rings. The largest absolute Gasteiger partial charge is 0.452 e. The van der Waals surface area contributed by atoms with Crippen molar-refractivity contribution in [3.05, 3.63) is 47.2 Å². The first-order valence-electron chi connectivity index (χ1n) is 6.72. The SMILES string of the molecule is Cc1noc(N)c1C(=O)OCC(=O)N[C@@H](C)c1ccccc1. The molecule has 1 amide bonds. The minimum atomic E-state index is -0.737. The topological polar surface area (TPSA) is 107 Å². The Morgan fingerprint density at radius 2 is 2.05 bits per heavy atom. The number of aromatic nitrogens is 1. The van der Waals surface area contributed by atoms with E-state index >= 15 is 0 Å². The summed E-state index contributed by atoms with van der Waals surface area (Å²) in [6.45, 7) is 3.01. The second-order valence-corrected chi connectivity index (χ2v) is 4.78. The molecule has 0 unspecified atom stereocenters. The maximum atomic E-state index is 11.8. The predicted molar refractivity (Wildman–Crippen MR) is 78.9 cm³/mol. The van der Waals surface area contributed by atoms with Crippen LogP contribution in [0.25, 0.3) is 0 Å². The minimum Gasteiger partial charge on any atom is -0.452 e. The quantitative estimate of drug-likeness (QED) is 0.812. The van der Waals surface area contributed by atoms with E-state index in [0.29, 0.717) is 5.69 Å². The van der Waals surface area contributed by atoms with Gasteiger partial charge in [0.25, 0.3) is 5.91 Å². The Bertz CT molecular complexity index is 647. The fourth-order valence-corrected chi connectivity index (χ4v) is 1.95. The molecule has 0 aliphatic heterocycles. The highest BCUT2D eigenvalue weighted by molar-refractivity contribution is 5.96. The zero-order valence-corrected chi connectivity index (χ0v) is 12.3. The summed E-state index contributed by atoms with van der Waals surface area (Å²) in [5.41, 5.74) is 6.80. The van der Waals surface area contributed by atoms with Crippen LogP contribution in [0.1, 0.15) is 34.6 Å². The van der Waals surface area contributed by atoms with E-state index < -0.39 is 18.5 Å². The molecule has 7 nitrogen and oxygen atoms in total. The summed E-state index contributed by atoms with van der Waals surface area (Å²) in [6, 6.07) is 9.28. The van der Waals surface area contributed by atoms with E-state index in [0.717, 1.165) is 5.56 Å². The number of benzene rings is 1. The number of nitrogens with one attached hydrogen (secondary N) is 1. The molecule has 0 saturated heterocycles. The molecule has 1 heterocycles. The lowest BCUT2D eigenvalue weighted by Gasteiger charge is -2.14. The van der Waals surface area contributed by atoms with E-state index in [2.05, 4.69) is 15.0 Å². The highest BCUT2D eigenvalue weighted by atomic mass is 16.5. The van der Waals surface area contributed by atoms with Crippen LogP contribution in [0.5, 0.6) is 0 Å². The summed E-state index contributed by atoms with van der Waals surface area (Å²) < 4.78 is 9.59. The monoisotopic (exact) mass is 303 g/mol. The van der Waals surface area contributed by atoms with Crippen LogP contribution in [0.4, 0.5) is 5.88 Å². The maximum Gasteiger partial charge on any atom is 0.346 e. The van der Waals surface area contributed by atoms with E-state index in [1.807, 2.05) is 37.3 Å². The van der Waals surface area contributed by atoms with Crippen LogP contribution in [0.15, 0.2) is 34.9 Å². The standard InChI is InChI=1S/C15H17N3O4/c1-9(11-6-4-3-5-7-11)17-12(19)8-21-15(20)13-10(2)18-22-14(13)16/h3-7,9H,8,16H2,1-2H3,(H,17,19)/t9-/m0/s1. The van der Waals surface area contributed by atoms with Gasteiger partial charge in [-0.05, 0) is 19.4 Å². The summed E-state index contributed by atoms with van der Waals surface area (Å²) >= 11 is 0. The first kappa shape index (κ1) is 15.6. The molecule has 2 rings (SSSR count). The number of nitrogen functional groups attached to an aromatic ring is 1. The molecule has 116 valence electrons. The van der Waals surface area contributed by atoms with Gasteiger partial charge in [-0.1, -0.05) is 35.5 Å². The number of rotatable bonds is 5. The second kappa shape index (κ2) is 6.75. The van der Waals surface area contributed by atoms with Gasteiger partial charge in [-0.15, -0.1) is 0 Å². The van der Waals surface area contributed by atoms with Crippen LogP contribution in [-0.2, 0) is 9.53 Å². The number of hydrogen-bond acceptors (Lipinski definition) is 6. The molecule has 0 bridgehead atoms. The lowest BCUT2D eigenvalue weighted by atomic mass is 10.1. The van der Waals surface area contributed by atoms with E-state index in [4.69, 9.17) is 10.5 Å². The van der Waals surface area contributed by atoms with Crippen molar-refractivity contribution < 1.29 is 18.8 Å². The average Bonchev–Trinajstić information content (AvgIpc) is 2.85. The fourth-order valence-electron chi connectivity index (χ4n) is 1.95. The Balaban J connectivity index is 1.87. The van der Waals surface area contributed by atoms with Gasteiger partial charge in [0.1, 0.15) is 5.56 Å². The Morgan fingerprint density at radius 1 is 1.36 bits per heavy atom. The van der Waals surface area contributed by atoms with Crippen molar-refractivity contribution in [2.45, 2.75) is 19.9 Å². The van der Waals surface area contributed by atoms with Crippen LogP contribution < -0.4 is 11.1 Å². The third kappa shape index (κ3) is 3.63. The minimum absolute atomic E-state index is 0.0453. The van der Waals surface area contributed by atoms with Gasteiger partial charge in [0, 0.05) is 0 Å². The van der Waals surface area contributed by atoms with Gasteiger partial charge >= 0.3 is 5.97 Å². The summed E-state index contributed by atoms with van der Waals surface area (Å²) in [6.07, 6.45) is 0. The molecule has 1 aromatic carbocycles. The number of carbonyl (C=O) groups is 2. The van der Waals surface area contributed by atoms with Gasteiger partial charge in [0.05, 0.1) is 11.7 Å². The lowest BCUT2D eigenvalue weighted by Crippen LogP contribution is -2.31. The van der Waals surface area contributed by atoms with Crippen LogP contribution in [-0.4, -0.2) is 23.6 Å². The Morgan fingerprint density at radius 3 is 2.64 bits per heavy atom. The van der Waals surface area contributed by atoms with Crippen LogP contribution in [0, 0.1) is 6.92 Å². The van der Waals surface area contributed by atoms with Crippen LogP contribution >= 0.6 is 0 Å². The smallest absolute Gasteiger partial charge is 0.346 e. The first-order valence-corrected chi connectivity index (χ1v) is 6.72. The Hall–Kier alpha value is -2.83. The van der Waals surface area contributed by atoms with Gasteiger partial charge in [-0.3, -0.25) is 4.79 Å². The number of aryl methyl sites for hydroxylation is 1. The summed E-state index contributed by atoms with van der Waals surface area (Å²) in [7, 11) is 0. The molecule has 0 aliphatic rings. The van der Waals surface area contributed by atoms with Gasteiger partial charge in [-0.25, -0.2) is 4.79 Å². The molecule has 0 radical (unpaired) electrons. The highest BCUT2D eigenvalue weighted by Crippen LogP contribution is 2.16. The van der Waals surface area contributed by atoms with Crippen molar-refractivity contribution in [3.8, 4) is 0 Å². The number of esters is 1. The molecule has 1 atom stereocenters. The molecular weight excluding hydrogens is 286 g/mol. The number of ether oxygens (including phenoxy) is 1. The Labute approximate surface area is 127 Å². The van der Waals surface area contributed by atoms with Gasteiger partial charge in [-0.2, -0.15) is 0 Å². The third-order valence-corrected chi connectivity index (χ3v) is 3.10. The number of amides is 1. The normalized spacial score (nSPS) is 11.7. The van der Waals surface area contributed by atoms with E-state index in [1.54, 1.807) is 6.92 Å². The van der Waals surface area contributed by atoms with Gasteiger partial charge in [0.15, 0.2) is 6.61 Å². The van der Waals surface area contributed by atoms with Crippen molar-refractivity contribution in [3.63, 3.8) is 0 Å². The third-order valence-electron chi connectivity index (χ3n) is 3.10. The molecule has 0 aliphatic carbocycles. The Kier molecular flexibility index (Phi) is 4.77. The van der Waals surface area contributed by atoms with E-state index in [9.17, 15) is 9.59 Å². The van der Waals surface area contributed by atoms with Gasteiger partial charge < -0.3 is 20.3 Å². The van der Waals surface area contributed by atoms with Gasteiger partial charge in [0.2, 0.25) is 5.88 Å². The van der Waals surface area contributed by atoms with Crippen molar-refractivity contribution in [1.82, 2.24) is 10.5 Å². The molecule has 7 heteroatoms. The summed E-state index contributed by atoms with van der Waals surface area (Å²) in [5.74, 6) is -1.27. The summed E-state index contributed by atoms with van der Waals surface area (Å²) in [5, 5.41) is 6.29. The molecular formula is C15H17N3O4. The molecule has 0 spiro atoms. The second-order valence-electron chi connectivity index (χ2n) is 4.78. The molecule has 0 saturated carbocycles. The zero-order chi connectivity index (χ0) is 16.1. The van der Waals surface area contributed by atoms with Crippen LogP contribution in [0.2, 0.25) is 0 Å². The molecule has 2 aromatic rings. The molecule has 22 heavy (non-hydrogen) atoms. The molecule has 3 N–H and O–H groups in total. The highest BCUT2D eigenvalue weighted by Gasteiger charge is 2.21. The van der Waals surface area contributed by atoms with Crippen molar-refractivity contribution in [2.75, 3.05) is 12.3 Å². The van der Waals surface area contributed by atoms with Crippen molar-refractivity contribution in [2.24, 2.45) is 0 Å². The number of carbonyl (C=O) groups excluding carboxylic acids is 2. The first-order chi connectivity index (χ1) is 10.5. The predicted octanol–water partition coefficient (Wildman–Crippen LogP) is 1.60.